The number of likely N-dealkylation sites (tertiary alicyclic amines) is 1. The van der Waals surface area contributed by atoms with Gasteiger partial charge in [-0.15, -0.1) is 11.3 Å². The molecule has 0 saturated carbocycles. The van der Waals surface area contributed by atoms with Crippen LogP contribution in [0.25, 0.3) is 10.4 Å². The highest BCUT2D eigenvalue weighted by molar-refractivity contribution is 7.13. The van der Waals surface area contributed by atoms with Gasteiger partial charge in [0.15, 0.2) is 0 Å². The first-order chi connectivity index (χ1) is 23.4. The number of aromatic nitrogens is 1. The van der Waals surface area contributed by atoms with Crippen LogP contribution in [0.5, 0.6) is 5.75 Å². The monoisotopic (exact) mass is 694 g/mol. The molecule has 0 spiro atoms. The number of thiazole rings is 1. The van der Waals surface area contributed by atoms with Gasteiger partial charge in [-0.1, -0.05) is 45.0 Å². The maximum atomic E-state index is 13.9. The Morgan fingerprint density at radius 1 is 1.02 bits per heavy atom. The summed E-state index contributed by atoms with van der Waals surface area (Å²) in [7, 11) is 0. The van der Waals surface area contributed by atoms with Crippen molar-refractivity contribution < 1.29 is 38.5 Å². The van der Waals surface area contributed by atoms with Crippen molar-refractivity contribution in [3.8, 4) is 16.2 Å². The zero-order valence-electron chi connectivity index (χ0n) is 28.6. The third kappa shape index (κ3) is 10.7. The SMILES string of the molecule is Cc1ncsc1-c1ccc(C(C)NC(=O)C2CC(O)CN2C(=O)C(NC(=O)COCCOCCOc2ccc(C=O)cc2)C(C)(C)C)cc1. The van der Waals surface area contributed by atoms with Gasteiger partial charge in [-0.2, -0.15) is 0 Å². The number of nitrogens with one attached hydrogen (secondary N) is 2. The number of nitrogens with zero attached hydrogens (tertiary/aromatic N) is 2. The van der Waals surface area contributed by atoms with Gasteiger partial charge < -0.3 is 34.9 Å². The first-order valence-corrected chi connectivity index (χ1v) is 17.2. The lowest BCUT2D eigenvalue weighted by Gasteiger charge is -2.35. The number of ether oxygens (including phenoxy) is 3. The standard InChI is InChI=1S/C36H46N4O8S/c1-23(26-8-10-27(11-9-26)32-24(2)37-22-49-32)38-34(44)30-18-28(42)19-40(30)35(45)33(36(3,4)5)39-31(43)21-47-15-14-46-16-17-48-29-12-6-25(20-41)7-13-29/h6-13,20,22-23,28,30,33,42H,14-19,21H2,1-5H3,(H,38,44)(H,39,43). The molecule has 0 bridgehead atoms. The zero-order valence-corrected chi connectivity index (χ0v) is 29.5. The molecular weight excluding hydrogens is 648 g/mol. The van der Waals surface area contributed by atoms with Crippen LogP contribution >= 0.6 is 11.3 Å². The lowest BCUT2D eigenvalue weighted by atomic mass is 9.85. The number of hydrogen-bond acceptors (Lipinski definition) is 10. The van der Waals surface area contributed by atoms with Crippen LogP contribution < -0.4 is 15.4 Å². The summed E-state index contributed by atoms with van der Waals surface area (Å²) < 4.78 is 16.5. The normalized spacial score (nSPS) is 17.3. The van der Waals surface area contributed by atoms with E-state index < -0.39 is 35.4 Å². The van der Waals surface area contributed by atoms with Crippen LogP contribution in [0.1, 0.15) is 61.8 Å². The summed E-state index contributed by atoms with van der Waals surface area (Å²) in [5.74, 6) is -0.678. The van der Waals surface area contributed by atoms with Crippen LogP contribution in [0.3, 0.4) is 0 Å². The first-order valence-electron chi connectivity index (χ1n) is 16.3. The van der Waals surface area contributed by atoms with Gasteiger partial charge in [-0.25, -0.2) is 4.98 Å². The minimum absolute atomic E-state index is 0.0156. The summed E-state index contributed by atoms with van der Waals surface area (Å²) >= 11 is 1.57. The summed E-state index contributed by atoms with van der Waals surface area (Å²) in [4.78, 5) is 57.7. The fraction of sp³-hybridized carbons (Fsp3) is 0.472. The Bertz CT molecular complexity index is 1550. The van der Waals surface area contributed by atoms with Crippen LogP contribution in [-0.2, 0) is 23.9 Å². The second kappa shape index (κ2) is 17.5. The summed E-state index contributed by atoms with van der Waals surface area (Å²) in [6, 6.07) is 12.5. The second-order valence-electron chi connectivity index (χ2n) is 13.1. The molecule has 1 saturated heterocycles. The third-order valence-electron chi connectivity index (χ3n) is 8.18. The number of aliphatic hydroxyl groups is 1. The molecule has 0 radical (unpaired) electrons. The number of aldehydes is 1. The minimum Gasteiger partial charge on any atom is -0.491 e. The number of amides is 3. The predicted octanol–water partition coefficient (Wildman–Crippen LogP) is 3.71. The van der Waals surface area contributed by atoms with Crippen LogP contribution in [-0.4, -0.2) is 96.8 Å². The van der Waals surface area contributed by atoms with Crippen LogP contribution in [0.2, 0.25) is 0 Å². The number of rotatable bonds is 16. The molecule has 1 aliphatic heterocycles. The van der Waals surface area contributed by atoms with E-state index in [0.29, 0.717) is 24.5 Å². The van der Waals surface area contributed by atoms with Crippen molar-refractivity contribution in [3.63, 3.8) is 0 Å². The summed E-state index contributed by atoms with van der Waals surface area (Å²) in [6.07, 6.45) is -0.0117. The summed E-state index contributed by atoms with van der Waals surface area (Å²) in [5.41, 5.74) is 4.60. The molecule has 13 heteroatoms. The average Bonchev–Trinajstić information content (AvgIpc) is 3.69. The predicted molar refractivity (Wildman–Crippen MR) is 185 cm³/mol. The topological polar surface area (TPSA) is 156 Å². The Morgan fingerprint density at radius 2 is 1.69 bits per heavy atom. The van der Waals surface area contributed by atoms with E-state index in [9.17, 15) is 24.3 Å². The van der Waals surface area contributed by atoms with E-state index >= 15 is 0 Å². The van der Waals surface area contributed by atoms with Crippen LogP contribution in [0.15, 0.2) is 54.0 Å². The molecule has 3 N–H and O–H groups in total. The first kappa shape index (κ1) is 37.6. The molecule has 4 unspecified atom stereocenters. The number of carbonyl (C=O) groups is 4. The van der Waals surface area contributed by atoms with Crippen LogP contribution in [0, 0.1) is 12.3 Å². The number of hydrogen-bond donors (Lipinski definition) is 3. The van der Waals surface area contributed by atoms with Gasteiger partial charge in [0.05, 0.1) is 48.0 Å². The molecule has 264 valence electrons. The number of aryl methyl sites for hydroxylation is 1. The zero-order chi connectivity index (χ0) is 35.6. The number of β-amino-alcohol motifs (C(OH)–C–C–N with tert-alkyl or cyclic N) is 1. The van der Waals surface area contributed by atoms with Gasteiger partial charge in [0.25, 0.3) is 0 Å². The van der Waals surface area contributed by atoms with Crippen molar-refractivity contribution in [3.05, 3.63) is 70.9 Å². The van der Waals surface area contributed by atoms with Gasteiger partial charge >= 0.3 is 0 Å². The van der Waals surface area contributed by atoms with E-state index in [0.717, 1.165) is 28.0 Å². The molecule has 12 nitrogen and oxygen atoms in total. The van der Waals surface area contributed by atoms with Crippen molar-refractivity contribution in [1.82, 2.24) is 20.5 Å². The maximum Gasteiger partial charge on any atom is 0.246 e. The van der Waals surface area contributed by atoms with Gasteiger partial charge in [0.2, 0.25) is 17.7 Å². The number of carbonyl (C=O) groups excluding carboxylic acids is 4. The van der Waals surface area contributed by atoms with Crippen molar-refractivity contribution in [2.75, 3.05) is 39.6 Å². The molecule has 4 atom stereocenters. The molecule has 2 heterocycles. The van der Waals surface area contributed by atoms with E-state index in [1.165, 1.54) is 4.90 Å². The third-order valence-corrected chi connectivity index (χ3v) is 9.16. The van der Waals surface area contributed by atoms with Crippen molar-refractivity contribution >= 4 is 35.3 Å². The fourth-order valence-corrected chi connectivity index (χ4v) is 6.28. The molecular formula is C36H46N4O8S. The molecule has 2 aromatic carbocycles. The summed E-state index contributed by atoms with van der Waals surface area (Å²) in [5, 5.41) is 16.3. The lowest BCUT2D eigenvalue weighted by Crippen LogP contribution is -2.58. The van der Waals surface area contributed by atoms with Gasteiger partial charge in [0, 0.05) is 18.5 Å². The largest absolute Gasteiger partial charge is 0.491 e. The van der Waals surface area contributed by atoms with Gasteiger partial charge in [0.1, 0.15) is 37.3 Å². The smallest absolute Gasteiger partial charge is 0.246 e. The maximum absolute atomic E-state index is 13.9. The molecule has 0 aliphatic carbocycles. The van der Waals surface area contributed by atoms with Crippen LogP contribution in [0.4, 0.5) is 0 Å². The Morgan fingerprint density at radius 3 is 2.33 bits per heavy atom. The molecule has 3 aromatic rings. The molecule has 3 amide bonds. The Hall–Kier alpha value is -4.17. The van der Waals surface area contributed by atoms with Crippen molar-refractivity contribution in [2.45, 2.75) is 65.3 Å². The minimum atomic E-state index is -0.960. The lowest BCUT2D eigenvalue weighted by molar-refractivity contribution is -0.144. The molecule has 1 aliphatic rings. The Labute approximate surface area is 291 Å². The molecule has 1 fully saturated rings. The highest BCUT2D eigenvalue weighted by Crippen LogP contribution is 2.29. The fourth-order valence-electron chi connectivity index (χ4n) is 5.46. The molecule has 1 aromatic heterocycles. The number of aliphatic hydroxyl groups excluding tert-OH is 1. The van der Waals surface area contributed by atoms with Crippen molar-refractivity contribution in [2.24, 2.45) is 5.41 Å². The van der Waals surface area contributed by atoms with E-state index in [-0.39, 0.29) is 44.7 Å². The van der Waals surface area contributed by atoms with E-state index in [4.69, 9.17) is 14.2 Å². The molecule has 49 heavy (non-hydrogen) atoms. The van der Waals surface area contributed by atoms with E-state index in [1.807, 2.05) is 64.4 Å². The number of benzene rings is 2. The highest BCUT2D eigenvalue weighted by Gasteiger charge is 2.44. The Kier molecular flexibility index (Phi) is 13.4. The highest BCUT2D eigenvalue weighted by atomic mass is 32.1. The quantitative estimate of drug-likeness (QED) is 0.150. The van der Waals surface area contributed by atoms with Gasteiger partial charge in [-0.05, 0) is 54.7 Å². The molecule has 4 rings (SSSR count). The van der Waals surface area contributed by atoms with Gasteiger partial charge in [-0.3, -0.25) is 19.2 Å². The average molecular weight is 695 g/mol. The van der Waals surface area contributed by atoms with E-state index in [2.05, 4.69) is 15.6 Å². The van der Waals surface area contributed by atoms with Crippen molar-refractivity contribution in [1.29, 1.82) is 0 Å². The Balaban J connectivity index is 1.24. The van der Waals surface area contributed by atoms with E-state index in [1.54, 1.807) is 35.6 Å². The second-order valence-corrected chi connectivity index (χ2v) is 13.9. The summed E-state index contributed by atoms with van der Waals surface area (Å²) in [6.45, 7) is 10.0.